The fraction of sp³-hybridized carbons (Fsp3) is 0.500. The van der Waals surface area contributed by atoms with Gasteiger partial charge in [-0.15, -0.1) is 0 Å². The van der Waals surface area contributed by atoms with Gasteiger partial charge in [0.15, 0.2) is 0 Å². The molecule has 0 saturated carbocycles. The van der Waals surface area contributed by atoms with Gasteiger partial charge in [0, 0.05) is 11.5 Å². The predicted octanol–water partition coefficient (Wildman–Crippen LogP) is 3.46. The van der Waals surface area contributed by atoms with Crippen molar-refractivity contribution in [1.82, 2.24) is 14.9 Å². The Hall–Kier alpha value is -0.870. The van der Waals surface area contributed by atoms with Crippen molar-refractivity contribution in [3.8, 4) is 0 Å². The third kappa shape index (κ3) is 1.97. The second-order valence-electron chi connectivity index (χ2n) is 5.15. The summed E-state index contributed by atoms with van der Waals surface area (Å²) in [6.45, 7) is 3.21. The van der Waals surface area contributed by atoms with Crippen molar-refractivity contribution >= 4 is 27.0 Å². The first-order valence-electron chi connectivity index (χ1n) is 6.52. The van der Waals surface area contributed by atoms with E-state index in [-0.39, 0.29) is 0 Å². The first-order valence-corrected chi connectivity index (χ1v) is 7.32. The van der Waals surface area contributed by atoms with E-state index in [1.54, 1.807) is 0 Å². The lowest BCUT2D eigenvalue weighted by molar-refractivity contribution is 0.392. The van der Waals surface area contributed by atoms with Crippen molar-refractivity contribution < 1.29 is 0 Å². The summed E-state index contributed by atoms with van der Waals surface area (Å²) in [5.41, 5.74) is 3.53. The van der Waals surface area contributed by atoms with Gasteiger partial charge in [-0.2, -0.15) is 0 Å². The van der Waals surface area contributed by atoms with Gasteiger partial charge in [-0.3, -0.25) is 0 Å². The van der Waals surface area contributed by atoms with Gasteiger partial charge in [0.05, 0.1) is 17.1 Å². The monoisotopic (exact) mass is 307 g/mol. The maximum atomic E-state index is 4.83. The van der Waals surface area contributed by atoms with Crippen LogP contribution < -0.4 is 5.32 Å². The molecule has 1 unspecified atom stereocenters. The van der Waals surface area contributed by atoms with Crippen LogP contribution in [0.3, 0.4) is 0 Å². The molecule has 0 aliphatic carbocycles. The van der Waals surface area contributed by atoms with E-state index in [0.717, 1.165) is 22.4 Å². The average Bonchev–Trinajstić information content (AvgIpc) is 2.67. The van der Waals surface area contributed by atoms with Crippen LogP contribution >= 0.6 is 15.9 Å². The van der Waals surface area contributed by atoms with Gasteiger partial charge in [0.1, 0.15) is 5.82 Å². The molecule has 1 aliphatic heterocycles. The summed E-state index contributed by atoms with van der Waals surface area (Å²) in [6.07, 6.45) is 3.76. The lowest BCUT2D eigenvalue weighted by Gasteiger charge is -2.22. The van der Waals surface area contributed by atoms with Crippen LogP contribution in [0.15, 0.2) is 16.6 Å². The topological polar surface area (TPSA) is 29.9 Å². The molecule has 1 aliphatic rings. The molecule has 1 saturated heterocycles. The first-order chi connectivity index (χ1) is 8.66. The van der Waals surface area contributed by atoms with Crippen LogP contribution in [0, 0.1) is 6.92 Å². The number of benzene rings is 1. The highest BCUT2D eigenvalue weighted by Crippen LogP contribution is 2.30. The Morgan fingerprint density at radius 1 is 1.39 bits per heavy atom. The van der Waals surface area contributed by atoms with Crippen molar-refractivity contribution in [2.45, 2.75) is 32.2 Å². The van der Waals surface area contributed by atoms with Crippen LogP contribution in [0.4, 0.5) is 0 Å². The fourth-order valence-electron chi connectivity index (χ4n) is 2.83. The van der Waals surface area contributed by atoms with E-state index < -0.39 is 0 Å². The highest BCUT2D eigenvalue weighted by Gasteiger charge is 2.21. The van der Waals surface area contributed by atoms with E-state index in [1.807, 2.05) is 0 Å². The molecule has 0 amide bonds. The highest BCUT2D eigenvalue weighted by atomic mass is 79.9. The molecule has 0 radical (unpaired) electrons. The minimum atomic E-state index is 0.406. The molecule has 1 aromatic heterocycles. The van der Waals surface area contributed by atoms with Crippen LogP contribution in [-0.4, -0.2) is 16.1 Å². The summed E-state index contributed by atoms with van der Waals surface area (Å²) in [5, 5.41) is 3.57. The molecule has 2 heterocycles. The van der Waals surface area contributed by atoms with Crippen LogP contribution in [-0.2, 0) is 7.05 Å². The number of aromatic nitrogens is 2. The van der Waals surface area contributed by atoms with E-state index in [0.29, 0.717) is 6.04 Å². The Labute approximate surface area is 116 Å². The van der Waals surface area contributed by atoms with Crippen molar-refractivity contribution in [3.05, 3.63) is 28.0 Å². The summed E-state index contributed by atoms with van der Waals surface area (Å²) in [6, 6.07) is 4.72. The number of nitrogens with zero attached hydrogens (tertiary/aromatic N) is 2. The van der Waals surface area contributed by atoms with Crippen molar-refractivity contribution in [3.63, 3.8) is 0 Å². The normalized spacial score (nSPS) is 20.5. The molecule has 3 nitrogen and oxygen atoms in total. The third-order valence-electron chi connectivity index (χ3n) is 3.72. The molecule has 2 aromatic rings. The molecule has 3 rings (SSSR count). The summed E-state index contributed by atoms with van der Waals surface area (Å²) < 4.78 is 3.36. The zero-order valence-corrected chi connectivity index (χ0v) is 12.4. The molecule has 0 bridgehead atoms. The van der Waals surface area contributed by atoms with E-state index >= 15 is 0 Å². The SMILES string of the molecule is Cc1cc(Br)c2c(c1)nc(C1CCCCN1)n2C. The zero-order chi connectivity index (χ0) is 12.7. The number of hydrogen-bond donors (Lipinski definition) is 1. The van der Waals surface area contributed by atoms with Gasteiger partial charge < -0.3 is 9.88 Å². The molecule has 18 heavy (non-hydrogen) atoms. The van der Waals surface area contributed by atoms with Gasteiger partial charge in [-0.25, -0.2) is 4.98 Å². The maximum Gasteiger partial charge on any atom is 0.126 e. The van der Waals surface area contributed by atoms with Crippen LogP contribution in [0.2, 0.25) is 0 Å². The van der Waals surface area contributed by atoms with E-state index in [4.69, 9.17) is 4.98 Å². The number of nitrogens with one attached hydrogen (secondary N) is 1. The summed E-state index contributed by atoms with van der Waals surface area (Å²) in [4.78, 5) is 4.83. The van der Waals surface area contributed by atoms with E-state index in [9.17, 15) is 0 Å². The summed E-state index contributed by atoms with van der Waals surface area (Å²) in [7, 11) is 2.11. The first kappa shape index (κ1) is 12.2. The van der Waals surface area contributed by atoms with Crippen LogP contribution in [0.1, 0.15) is 36.7 Å². The summed E-state index contributed by atoms with van der Waals surface area (Å²) in [5.74, 6) is 1.16. The number of fused-ring (bicyclic) bond motifs is 1. The number of aryl methyl sites for hydroxylation is 2. The lowest BCUT2D eigenvalue weighted by Crippen LogP contribution is -2.28. The molecule has 1 aromatic carbocycles. The summed E-state index contributed by atoms with van der Waals surface area (Å²) >= 11 is 3.65. The average molecular weight is 308 g/mol. The molecular weight excluding hydrogens is 290 g/mol. The maximum absolute atomic E-state index is 4.83. The lowest BCUT2D eigenvalue weighted by atomic mass is 10.0. The Morgan fingerprint density at radius 3 is 2.94 bits per heavy atom. The fourth-order valence-corrected chi connectivity index (χ4v) is 3.66. The third-order valence-corrected chi connectivity index (χ3v) is 4.33. The Balaban J connectivity index is 2.13. The van der Waals surface area contributed by atoms with Gasteiger partial charge in [0.2, 0.25) is 0 Å². The molecule has 1 N–H and O–H groups in total. The van der Waals surface area contributed by atoms with Gasteiger partial charge in [-0.1, -0.05) is 6.42 Å². The predicted molar refractivity (Wildman–Crippen MR) is 77.7 cm³/mol. The van der Waals surface area contributed by atoms with Crippen LogP contribution in [0.5, 0.6) is 0 Å². The zero-order valence-electron chi connectivity index (χ0n) is 10.8. The number of imidazole rings is 1. The smallest absolute Gasteiger partial charge is 0.126 e. The molecular formula is C14H18BrN3. The largest absolute Gasteiger partial charge is 0.329 e. The molecule has 1 atom stereocenters. The minimum Gasteiger partial charge on any atom is -0.329 e. The number of halogens is 1. The number of hydrogen-bond acceptors (Lipinski definition) is 2. The van der Waals surface area contributed by atoms with Gasteiger partial charge in [-0.05, 0) is 59.9 Å². The van der Waals surface area contributed by atoms with Gasteiger partial charge >= 0.3 is 0 Å². The van der Waals surface area contributed by atoms with E-state index in [2.05, 4.69) is 51.9 Å². The number of rotatable bonds is 1. The number of piperidine rings is 1. The molecule has 1 fully saturated rings. The molecule has 4 heteroatoms. The minimum absolute atomic E-state index is 0.406. The van der Waals surface area contributed by atoms with Crippen LogP contribution in [0.25, 0.3) is 11.0 Å². The Morgan fingerprint density at radius 2 is 2.22 bits per heavy atom. The second-order valence-corrected chi connectivity index (χ2v) is 6.00. The molecule has 96 valence electrons. The second kappa shape index (κ2) is 4.67. The Kier molecular flexibility index (Phi) is 3.16. The van der Waals surface area contributed by atoms with E-state index in [1.165, 1.54) is 30.3 Å². The Bertz CT molecular complexity index is 582. The van der Waals surface area contributed by atoms with Gasteiger partial charge in [0.25, 0.3) is 0 Å². The van der Waals surface area contributed by atoms with Crippen molar-refractivity contribution in [2.24, 2.45) is 7.05 Å². The standard InChI is InChI=1S/C14H18BrN3/c1-9-7-10(15)13-12(8-9)17-14(18(13)2)11-5-3-4-6-16-11/h7-8,11,16H,3-6H2,1-2H3. The van der Waals surface area contributed by atoms with Crippen molar-refractivity contribution in [2.75, 3.05) is 6.54 Å². The highest BCUT2D eigenvalue weighted by molar-refractivity contribution is 9.10. The quantitative estimate of drug-likeness (QED) is 0.874. The molecule has 0 spiro atoms. The van der Waals surface area contributed by atoms with Crippen molar-refractivity contribution in [1.29, 1.82) is 0 Å².